The van der Waals surface area contributed by atoms with Gasteiger partial charge in [-0.25, -0.2) is 4.98 Å². The lowest BCUT2D eigenvalue weighted by Gasteiger charge is -2.22. The zero-order chi connectivity index (χ0) is 12.7. The molecule has 1 aliphatic heterocycles. The summed E-state index contributed by atoms with van der Waals surface area (Å²) < 4.78 is 2.19. The molecular weight excluding hydrogens is 248 g/mol. The minimum Gasteiger partial charge on any atom is -0.508 e. The highest BCUT2D eigenvalue weighted by Gasteiger charge is 2.23. The first-order chi connectivity index (χ1) is 8.65. The summed E-state index contributed by atoms with van der Waals surface area (Å²) in [5.41, 5.74) is 2.03. The highest BCUT2D eigenvalue weighted by molar-refractivity contribution is 6.30. The topological polar surface area (TPSA) is 38.1 Å². The van der Waals surface area contributed by atoms with Gasteiger partial charge in [0.1, 0.15) is 11.6 Å². The molecule has 1 unspecified atom stereocenters. The third kappa shape index (κ3) is 1.89. The lowest BCUT2D eigenvalue weighted by atomic mass is 10.00. The molecule has 1 atom stereocenters. The summed E-state index contributed by atoms with van der Waals surface area (Å²) in [6, 6.07) is 7.16. The number of hydrogen-bond donors (Lipinski definition) is 1. The van der Waals surface area contributed by atoms with Crippen molar-refractivity contribution in [2.75, 3.05) is 0 Å². The Balaban J connectivity index is 2.13. The zero-order valence-corrected chi connectivity index (χ0v) is 11.0. The number of phenolic OH excluding ortho intramolecular Hbond substituents is 1. The molecular formula is C14H15ClN2O. The molecule has 1 aromatic carbocycles. The van der Waals surface area contributed by atoms with E-state index < -0.39 is 0 Å². The predicted molar refractivity (Wildman–Crippen MR) is 71.8 cm³/mol. The van der Waals surface area contributed by atoms with Crippen LogP contribution in [0.3, 0.4) is 0 Å². The van der Waals surface area contributed by atoms with E-state index in [1.165, 1.54) is 0 Å². The lowest BCUT2D eigenvalue weighted by Crippen LogP contribution is -2.18. The maximum Gasteiger partial charge on any atom is 0.150 e. The molecule has 0 bridgehead atoms. The molecule has 2 aromatic rings. The molecule has 94 valence electrons. The van der Waals surface area contributed by atoms with Crippen LogP contribution in [-0.4, -0.2) is 14.7 Å². The van der Waals surface area contributed by atoms with E-state index >= 15 is 0 Å². The van der Waals surface area contributed by atoms with E-state index in [1.54, 1.807) is 12.1 Å². The molecule has 0 spiro atoms. The number of halogens is 1. The molecule has 3 rings (SSSR count). The minimum absolute atomic E-state index is 0.254. The van der Waals surface area contributed by atoms with E-state index in [1.807, 2.05) is 12.1 Å². The Kier molecular flexibility index (Phi) is 2.78. The largest absolute Gasteiger partial charge is 0.508 e. The van der Waals surface area contributed by atoms with Crippen molar-refractivity contribution < 1.29 is 5.11 Å². The number of aromatic hydroxyl groups is 1. The Morgan fingerprint density at radius 1 is 1.44 bits per heavy atom. The van der Waals surface area contributed by atoms with Crippen LogP contribution in [0.2, 0.25) is 5.15 Å². The first-order valence-corrected chi connectivity index (χ1v) is 6.57. The van der Waals surface area contributed by atoms with E-state index in [0.29, 0.717) is 11.1 Å². The van der Waals surface area contributed by atoms with Crippen LogP contribution in [0.25, 0.3) is 11.4 Å². The van der Waals surface area contributed by atoms with Crippen LogP contribution in [0, 0.1) is 5.92 Å². The Morgan fingerprint density at radius 3 is 3.06 bits per heavy atom. The Labute approximate surface area is 111 Å². The number of fused-ring (bicyclic) bond motifs is 1. The number of hydrogen-bond acceptors (Lipinski definition) is 2. The fourth-order valence-electron chi connectivity index (χ4n) is 2.54. The SMILES string of the molecule is CC1CCc2c(Cl)nc(-c3cccc(O)c3)n2C1. The average molecular weight is 263 g/mol. The number of rotatable bonds is 1. The number of imidazole rings is 1. The van der Waals surface area contributed by atoms with Gasteiger partial charge in [0.25, 0.3) is 0 Å². The van der Waals surface area contributed by atoms with Gasteiger partial charge in [0.15, 0.2) is 5.15 Å². The maximum absolute atomic E-state index is 9.57. The summed E-state index contributed by atoms with van der Waals surface area (Å²) in [5, 5.41) is 10.2. The normalized spacial score (nSPS) is 18.7. The molecule has 3 nitrogen and oxygen atoms in total. The van der Waals surface area contributed by atoms with Crippen LogP contribution in [0.4, 0.5) is 0 Å². The molecule has 0 radical (unpaired) electrons. The van der Waals surface area contributed by atoms with Crippen LogP contribution < -0.4 is 0 Å². The van der Waals surface area contributed by atoms with E-state index in [4.69, 9.17) is 11.6 Å². The van der Waals surface area contributed by atoms with E-state index in [9.17, 15) is 5.11 Å². The Morgan fingerprint density at radius 2 is 2.28 bits per heavy atom. The standard InChI is InChI=1S/C14H15ClN2O/c1-9-5-6-12-13(15)16-14(17(12)8-9)10-3-2-4-11(18)7-10/h2-4,7,9,18H,5-6,8H2,1H3. The van der Waals surface area contributed by atoms with E-state index in [0.717, 1.165) is 36.5 Å². The van der Waals surface area contributed by atoms with Crippen molar-refractivity contribution in [1.82, 2.24) is 9.55 Å². The molecule has 18 heavy (non-hydrogen) atoms. The molecule has 1 aromatic heterocycles. The van der Waals surface area contributed by atoms with Gasteiger partial charge in [-0.05, 0) is 30.9 Å². The van der Waals surface area contributed by atoms with Gasteiger partial charge in [-0.2, -0.15) is 0 Å². The molecule has 4 heteroatoms. The van der Waals surface area contributed by atoms with Crippen molar-refractivity contribution in [1.29, 1.82) is 0 Å². The molecule has 2 heterocycles. The molecule has 0 fully saturated rings. The smallest absolute Gasteiger partial charge is 0.150 e. The Hall–Kier alpha value is -1.48. The van der Waals surface area contributed by atoms with Gasteiger partial charge in [-0.15, -0.1) is 0 Å². The van der Waals surface area contributed by atoms with Gasteiger partial charge in [0.05, 0.1) is 5.69 Å². The van der Waals surface area contributed by atoms with E-state index in [2.05, 4.69) is 16.5 Å². The fourth-order valence-corrected chi connectivity index (χ4v) is 2.82. The summed E-state index contributed by atoms with van der Waals surface area (Å²) in [4.78, 5) is 4.46. The first kappa shape index (κ1) is 11.6. The van der Waals surface area contributed by atoms with Crippen molar-refractivity contribution in [2.45, 2.75) is 26.3 Å². The highest BCUT2D eigenvalue weighted by atomic mass is 35.5. The summed E-state index contributed by atoms with van der Waals surface area (Å²) in [7, 11) is 0. The number of aromatic nitrogens is 2. The number of phenols is 1. The van der Waals surface area contributed by atoms with Gasteiger partial charge in [-0.3, -0.25) is 0 Å². The van der Waals surface area contributed by atoms with Crippen molar-refractivity contribution in [3.05, 3.63) is 35.1 Å². The first-order valence-electron chi connectivity index (χ1n) is 6.19. The quantitative estimate of drug-likeness (QED) is 0.854. The minimum atomic E-state index is 0.254. The molecule has 1 N–H and O–H groups in total. The van der Waals surface area contributed by atoms with Crippen molar-refractivity contribution >= 4 is 11.6 Å². The van der Waals surface area contributed by atoms with Crippen LogP contribution in [-0.2, 0) is 13.0 Å². The fraction of sp³-hybridized carbons (Fsp3) is 0.357. The third-order valence-corrected chi connectivity index (χ3v) is 3.80. The average Bonchev–Trinajstić information content (AvgIpc) is 2.66. The van der Waals surface area contributed by atoms with Gasteiger partial charge in [0.2, 0.25) is 0 Å². The third-order valence-electron chi connectivity index (χ3n) is 3.50. The van der Waals surface area contributed by atoms with Gasteiger partial charge >= 0.3 is 0 Å². The summed E-state index contributed by atoms with van der Waals surface area (Å²) in [6.07, 6.45) is 2.14. The van der Waals surface area contributed by atoms with Crippen LogP contribution in [0.1, 0.15) is 19.0 Å². The monoisotopic (exact) mass is 262 g/mol. The second-order valence-corrected chi connectivity index (χ2v) is 5.34. The number of benzene rings is 1. The molecule has 1 aliphatic rings. The highest BCUT2D eigenvalue weighted by Crippen LogP contribution is 2.32. The Bertz CT molecular complexity index is 591. The zero-order valence-electron chi connectivity index (χ0n) is 10.2. The van der Waals surface area contributed by atoms with Crippen LogP contribution in [0.5, 0.6) is 5.75 Å². The van der Waals surface area contributed by atoms with Crippen molar-refractivity contribution in [3.8, 4) is 17.1 Å². The molecule has 0 aliphatic carbocycles. The summed E-state index contributed by atoms with van der Waals surface area (Å²) in [6.45, 7) is 3.18. The number of nitrogens with zero attached hydrogens (tertiary/aromatic N) is 2. The van der Waals surface area contributed by atoms with Crippen LogP contribution in [0.15, 0.2) is 24.3 Å². The predicted octanol–water partition coefficient (Wildman–Crippen LogP) is 3.49. The van der Waals surface area contributed by atoms with Crippen molar-refractivity contribution in [2.24, 2.45) is 5.92 Å². The second-order valence-electron chi connectivity index (χ2n) is 4.98. The summed E-state index contributed by atoms with van der Waals surface area (Å²) >= 11 is 6.21. The van der Waals surface area contributed by atoms with Crippen molar-refractivity contribution in [3.63, 3.8) is 0 Å². The molecule has 0 amide bonds. The molecule has 0 saturated heterocycles. The lowest BCUT2D eigenvalue weighted by molar-refractivity contribution is 0.402. The van der Waals surface area contributed by atoms with Gasteiger partial charge in [0, 0.05) is 12.1 Å². The van der Waals surface area contributed by atoms with Gasteiger partial charge in [-0.1, -0.05) is 30.7 Å². The summed E-state index contributed by atoms with van der Waals surface area (Å²) in [5.74, 6) is 1.75. The maximum atomic E-state index is 9.57. The van der Waals surface area contributed by atoms with Crippen LogP contribution >= 0.6 is 11.6 Å². The van der Waals surface area contributed by atoms with Gasteiger partial charge < -0.3 is 9.67 Å². The van der Waals surface area contributed by atoms with E-state index in [-0.39, 0.29) is 5.75 Å². The molecule has 0 saturated carbocycles. The second kappa shape index (κ2) is 4.32.